The summed E-state index contributed by atoms with van der Waals surface area (Å²) in [6.45, 7) is 1.05. The molecule has 84 valence electrons. The van der Waals surface area contributed by atoms with Gasteiger partial charge in [-0.1, -0.05) is 19.3 Å². The summed E-state index contributed by atoms with van der Waals surface area (Å²) in [4.78, 5) is 0. The summed E-state index contributed by atoms with van der Waals surface area (Å²) in [5, 5.41) is 2.82. The normalized spacial score (nSPS) is 21.4. The van der Waals surface area contributed by atoms with Crippen LogP contribution in [-0.2, 0) is 0 Å². The van der Waals surface area contributed by atoms with Crippen molar-refractivity contribution in [2.75, 3.05) is 19.6 Å². The third kappa shape index (κ3) is 3.50. The van der Waals surface area contributed by atoms with Gasteiger partial charge in [-0.05, 0) is 24.8 Å². The van der Waals surface area contributed by atoms with E-state index in [4.69, 9.17) is 5.73 Å². The largest absolute Gasteiger partial charge is 0.330 e. The van der Waals surface area contributed by atoms with Gasteiger partial charge < -0.3 is 11.1 Å². The van der Waals surface area contributed by atoms with E-state index in [0.29, 0.717) is 13.1 Å². The molecule has 0 saturated heterocycles. The Morgan fingerprint density at radius 2 is 1.86 bits per heavy atom. The summed E-state index contributed by atoms with van der Waals surface area (Å²) in [6, 6.07) is 0. The minimum absolute atomic E-state index is 0.0904. The first-order valence-corrected chi connectivity index (χ1v) is 5.37. The Labute approximate surface area is 84.2 Å². The Morgan fingerprint density at radius 3 is 2.36 bits per heavy atom. The van der Waals surface area contributed by atoms with Crippen molar-refractivity contribution < 1.29 is 8.78 Å². The molecule has 2 nitrogen and oxygen atoms in total. The van der Waals surface area contributed by atoms with Crippen LogP contribution >= 0.6 is 0 Å². The van der Waals surface area contributed by atoms with Gasteiger partial charge in [0.25, 0.3) is 6.43 Å². The zero-order valence-electron chi connectivity index (χ0n) is 8.57. The van der Waals surface area contributed by atoms with Crippen LogP contribution in [0.2, 0.25) is 0 Å². The lowest BCUT2D eigenvalue weighted by atomic mass is 9.74. The van der Waals surface area contributed by atoms with E-state index in [0.717, 1.165) is 12.8 Å². The Morgan fingerprint density at radius 1 is 1.21 bits per heavy atom. The maximum Gasteiger partial charge on any atom is 0.250 e. The molecular weight excluding hydrogens is 186 g/mol. The van der Waals surface area contributed by atoms with E-state index in [1.165, 1.54) is 19.3 Å². The summed E-state index contributed by atoms with van der Waals surface area (Å²) < 4.78 is 23.8. The van der Waals surface area contributed by atoms with Gasteiger partial charge in [-0.2, -0.15) is 0 Å². The Hall–Kier alpha value is -0.220. The number of hydrogen-bond acceptors (Lipinski definition) is 2. The number of nitrogens with one attached hydrogen (secondary N) is 1. The van der Waals surface area contributed by atoms with Gasteiger partial charge in [-0.3, -0.25) is 0 Å². The van der Waals surface area contributed by atoms with Crippen LogP contribution in [0.4, 0.5) is 8.78 Å². The first-order chi connectivity index (χ1) is 6.68. The van der Waals surface area contributed by atoms with Crippen molar-refractivity contribution in [1.29, 1.82) is 0 Å². The monoisotopic (exact) mass is 206 g/mol. The lowest BCUT2D eigenvalue weighted by molar-refractivity contribution is 0.129. The fourth-order valence-electron chi connectivity index (χ4n) is 2.20. The molecule has 0 unspecified atom stereocenters. The third-order valence-corrected chi connectivity index (χ3v) is 3.15. The second kappa shape index (κ2) is 5.61. The summed E-state index contributed by atoms with van der Waals surface area (Å²) >= 11 is 0. The van der Waals surface area contributed by atoms with Crippen molar-refractivity contribution >= 4 is 0 Å². The number of hydrogen-bond donors (Lipinski definition) is 2. The lowest BCUT2D eigenvalue weighted by Gasteiger charge is -2.36. The van der Waals surface area contributed by atoms with Gasteiger partial charge in [0.2, 0.25) is 0 Å². The lowest BCUT2D eigenvalue weighted by Crippen LogP contribution is -2.43. The van der Waals surface area contributed by atoms with E-state index in [-0.39, 0.29) is 12.0 Å². The first kappa shape index (κ1) is 11.9. The second-order valence-corrected chi connectivity index (χ2v) is 4.29. The number of halogens is 2. The quantitative estimate of drug-likeness (QED) is 0.719. The Balaban J connectivity index is 2.29. The maximum absolute atomic E-state index is 11.9. The maximum atomic E-state index is 11.9. The number of rotatable bonds is 5. The van der Waals surface area contributed by atoms with Gasteiger partial charge >= 0.3 is 0 Å². The van der Waals surface area contributed by atoms with Crippen LogP contribution < -0.4 is 11.1 Å². The average Bonchev–Trinajstić information content (AvgIpc) is 2.19. The van der Waals surface area contributed by atoms with Crippen LogP contribution in [0.3, 0.4) is 0 Å². The highest BCUT2D eigenvalue weighted by Gasteiger charge is 2.30. The average molecular weight is 206 g/mol. The minimum Gasteiger partial charge on any atom is -0.330 e. The molecule has 1 saturated carbocycles. The molecule has 1 fully saturated rings. The molecular formula is C10H20F2N2. The van der Waals surface area contributed by atoms with Crippen molar-refractivity contribution in [2.45, 2.75) is 38.5 Å². The summed E-state index contributed by atoms with van der Waals surface area (Å²) in [5.74, 6) is 0. The zero-order chi connectivity index (χ0) is 10.4. The van der Waals surface area contributed by atoms with E-state index >= 15 is 0 Å². The molecule has 0 radical (unpaired) electrons. The van der Waals surface area contributed by atoms with Crippen LogP contribution in [0.5, 0.6) is 0 Å². The van der Waals surface area contributed by atoms with E-state index in [2.05, 4.69) is 5.32 Å². The molecule has 0 amide bonds. The van der Waals surface area contributed by atoms with Crippen molar-refractivity contribution in [1.82, 2.24) is 5.32 Å². The van der Waals surface area contributed by atoms with E-state index < -0.39 is 6.43 Å². The topological polar surface area (TPSA) is 38.0 Å². The predicted molar refractivity (Wildman–Crippen MR) is 53.4 cm³/mol. The van der Waals surface area contributed by atoms with Crippen molar-refractivity contribution in [3.63, 3.8) is 0 Å². The molecule has 0 aliphatic heterocycles. The highest BCUT2D eigenvalue weighted by Crippen LogP contribution is 2.34. The predicted octanol–water partition coefficient (Wildman–Crippen LogP) is 1.75. The van der Waals surface area contributed by atoms with Gasteiger partial charge in [0.1, 0.15) is 0 Å². The van der Waals surface area contributed by atoms with Gasteiger partial charge in [0.05, 0.1) is 6.54 Å². The molecule has 0 atom stereocenters. The Bertz CT molecular complexity index is 156. The summed E-state index contributed by atoms with van der Waals surface area (Å²) in [5.41, 5.74) is 5.82. The molecule has 0 aromatic heterocycles. The standard InChI is InChI=1S/C10H20F2N2/c11-9(12)6-14-8-10(7-13)4-2-1-3-5-10/h9,14H,1-8,13H2. The molecule has 0 spiro atoms. The first-order valence-electron chi connectivity index (χ1n) is 5.37. The SMILES string of the molecule is NCC1(CNCC(F)F)CCCCC1. The van der Waals surface area contributed by atoms with Gasteiger partial charge in [-0.15, -0.1) is 0 Å². The van der Waals surface area contributed by atoms with Gasteiger partial charge in [-0.25, -0.2) is 8.78 Å². The third-order valence-electron chi connectivity index (χ3n) is 3.15. The molecule has 3 N–H and O–H groups in total. The van der Waals surface area contributed by atoms with Crippen molar-refractivity contribution in [3.8, 4) is 0 Å². The van der Waals surface area contributed by atoms with Crippen LogP contribution in [0.25, 0.3) is 0 Å². The smallest absolute Gasteiger partial charge is 0.250 e. The van der Waals surface area contributed by atoms with Crippen molar-refractivity contribution in [2.24, 2.45) is 11.1 Å². The van der Waals surface area contributed by atoms with Crippen molar-refractivity contribution in [3.05, 3.63) is 0 Å². The zero-order valence-corrected chi connectivity index (χ0v) is 8.57. The van der Waals surface area contributed by atoms with Crippen LogP contribution in [0.15, 0.2) is 0 Å². The minimum atomic E-state index is -2.26. The molecule has 0 aromatic rings. The number of alkyl halides is 2. The van der Waals surface area contributed by atoms with E-state index in [9.17, 15) is 8.78 Å². The molecule has 1 aliphatic rings. The highest BCUT2D eigenvalue weighted by molar-refractivity contribution is 4.85. The summed E-state index contributed by atoms with van der Waals surface area (Å²) in [7, 11) is 0. The Kier molecular flexibility index (Phi) is 4.75. The molecule has 1 rings (SSSR count). The highest BCUT2D eigenvalue weighted by atomic mass is 19.3. The number of nitrogens with two attached hydrogens (primary N) is 1. The van der Waals surface area contributed by atoms with E-state index in [1.54, 1.807) is 0 Å². The van der Waals surface area contributed by atoms with Gasteiger partial charge in [0.15, 0.2) is 0 Å². The van der Waals surface area contributed by atoms with Crippen LogP contribution in [-0.4, -0.2) is 26.1 Å². The van der Waals surface area contributed by atoms with E-state index in [1.807, 2.05) is 0 Å². The molecule has 1 aliphatic carbocycles. The molecule has 14 heavy (non-hydrogen) atoms. The van der Waals surface area contributed by atoms with Crippen LogP contribution in [0, 0.1) is 5.41 Å². The summed E-state index contributed by atoms with van der Waals surface area (Å²) in [6.07, 6.45) is 3.55. The fourth-order valence-corrected chi connectivity index (χ4v) is 2.20. The second-order valence-electron chi connectivity index (χ2n) is 4.29. The molecule has 0 bridgehead atoms. The molecule has 0 heterocycles. The molecule has 0 aromatic carbocycles. The fraction of sp³-hybridized carbons (Fsp3) is 1.00. The van der Waals surface area contributed by atoms with Gasteiger partial charge in [0, 0.05) is 6.54 Å². The molecule has 4 heteroatoms. The van der Waals surface area contributed by atoms with Crippen LogP contribution in [0.1, 0.15) is 32.1 Å².